The fourth-order valence-corrected chi connectivity index (χ4v) is 5.08. The number of rotatable bonds is 8. The first-order valence-electron chi connectivity index (χ1n) is 9.97. The van der Waals surface area contributed by atoms with Crippen LogP contribution in [0.2, 0.25) is 0 Å². The Kier molecular flexibility index (Phi) is 9.16. The minimum Gasteiger partial charge on any atom is -0.309 e. The molecule has 0 aliphatic heterocycles. The predicted octanol–water partition coefficient (Wildman–Crippen LogP) is 6.05. The number of amides is 1. The van der Waals surface area contributed by atoms with Crippen molar-refractivity contribution in [2.45, 2.75) is 32.1 Å². The maximum atomic E-state index is 13.6. The Morgan fingerprint density at radius 1 is 1.10 bits per heavy atom. The molecule has 1 amide bonds. The van der Waals surface area contributed by atoms with Gasteiger partial charge in [0, 0.05) is 11.4 Å². The van der Waals surface area contributed by atoms with Gasteiger partial charge in [-0.1, -0.05) is 36.5 Å². The summed E-state index contributed by atoms with van der Waals surface area (Å²) in [6.07, 6.45) is 0.899. The second-order valence-electron chi connectivity index (χ2n) is 7.39. The smallest absolute Gasteiger partial charge is 0.261 e. The molecule has 162 valence electrons. The number of carbonyl (C=O) groups is 1. The highest BCUT2D eigenvalue weighted by Gasteiger charge is 2.23. The molecule has 4 nitrogen and oxygen atoms in total. The molecule has 0 aliphatic rings. The number of thioether (sulfide) groups is 1. The van der Waals surface area contributed by atoms with Gasteiger partial charge in [-0.3, -0.25) is 9.69 Å². The van der Waals surface area contributed by atoms with Crippen LogP contribution < -0.4 is 4.90 Å². The van der Waals surface area contributed by atoms with E-state index < -0.39 is 0 Å². The van der Waals surface area contributed by atoms with Gasteiger partial charge >= 0.3 is 0 Å². The minimum atomic E-state index is 0. The lowest BCUT2D eigenvalue weighted by atomic mass is 10.1. The van der Waals surface area contributed by atoms with E-state index in [4.69, 9.17) is 4.98 Å². The summed E-state index contributed by atoms with van der Waals surface area (Å²) in [4.78, 5) is 23.6. The number of aromatic nitrogens is 1. The molecule has 0 spiro atoms. The number of thiazole rings is 1. The number of halogens is 1. The van der Waals surface area contributed by atoms with Crippen molar-refractivity contribution >= 4 is 56.8 Å². The molecule has 0 bridgehead atoms. The van der Waals surface area contributed by atoms with Gasteiger partial charge in [0.1, 0.15) is 0 Å². The van der Waals surface area contributed by atoms with Gasteiger partial charge in [-0.15, -0.1) is 24.2 Å². The van der Waals surface area contributed by atoms with Crippen LogP contribution in [0.25, 0.3) is 10.2 Å². The third-order valence-corrected chi connectivity index (χ3v) is 6.95. The molecule has 1 aromatic heterocycles. The van der Waals surface area contributed by atoms with E-state index >= 15 is 0 Å². The molecule has 3 rings (SSSR count). The van der Waals surface area contributed by atoms with Gasteiger partial charge < -0.3 is 4.90 Å². The van der Waals surface area contributed by atoms with Crippen molar-refractivity contribution in [1.29, 1.82) is 0 Å². The van der Waals surface area contributed by atoms with Crippen molar-refractivity contribution < 1.29 is 4.79 Å². The molecule has 2 aromatic carbocycles. The highest BCUT2D eigenvalue weighted by Crippen LogP contribution is 2.33. The second kappa shape index (κ2) is 11.1. The number of fused-ring (bicyclic) bond motifs is 1. The quantitative estimate of drug-likeness (QED) is 0.381. The molecule has 0 atom stereocenters. The lowest BCUT2D eigenvalue weighted by Crippen LogP contribution is -2.33. The summed E-state index contributed by atoms with van der Waals surface area (Å²) in [6.45, 7) is 7.90. The molecule has 0 fully saturated rings. The van der Waals surface area contributed by atoms with Crippen molar-refractivity contribution in [2.24, 2.45) is 0 Å². The van der Waals surface area contributed by atoms with Gasteiger partial charge in [-0.05, 0) is 76.0 Å². The minimum absolute atomic E-state index is 0. The van der Waals surface area contributed by atoms with Crippen LogP contribution in [-0.2, 0) is 0 Å². The van der Waals surface area contributed by atoms with Crippen LogP contribution in [-0.4, -0.2) is 48.7 Å². The predicted molar refractivity (Wildman–Crippen MR) is 134 cm³/mol. The number of carbonyl (C=O) groups excluding carboxylic acids is 1. The topological polar surface area (TPSA) is 36.4 Å². The summed E-state index contributed by atoms with van der Waals surface area (Å²) in [7, 11) is 4.12. The molecule has 0 unspecified atom stereocenters. The molecule has 0 N–H and O–H groups in total. The fraction of sp³-hybridized carbons (Fsp3) is 0.391. The molecule has 30 heavy (non-hydrogen) atoms. The second-order valence-corrected chi connectivity index (χ2v) is 9.71. The van der Waals surface area contributed by atoms with Gasteiger partial charge in [0.25, 0.3) is 5.91 Å². The third-order valence-electron chi connectivity index (χ3n) is 4.95. The van der Waals surface area contributed by atoms with Gasteiger partial charge in [-0.2, -0.15) is 0 Å². The maximum Gasteiger partial charge on any atom is 0.261 e. The molecule has 0 aliphatic carbocycles. The Balaban J connectivity index is 0.00000320. The summed E-state index contributed by atoms with van der Waals surface area (Å²) in [5.74, 6) is 0.971. The number of anilines is 1. The van der Waals surface area contributed by atoms with Crippen molar-refractivity contribution in [2.75, 3.05) is 37.8 Å². The summed E-state index contributed by atoms with van der Waals surface area (Å²) in [6, 6.07) is 12.1. The Labute approximate surface area is 194 Å². The Bertz CT molecular complexity index is 1000. The molecule has 7 heteroatoms. The molecular weight excluding hydrogens is 434 g/mol. The third kappa shape index (κ3) is 5.55. The molecule has 0 saturated carbocycles. The van der Waals surface area contributed by atoms with E-state index in [9.17, 15) is 4.79 Å². The zero-order valence-electron chi connectivity index (χ0n) is 18.3. The summed E-state index contributed by atoms with van der Waals surface area (Å²) >= 11 is 3.31. The molecule has 0 saturated heterocycles. The molecule has 1 heterocycles. The van der Waals surface area contributed by atoms with Gasteiger partial charge in [0.2, 0.25) is 0 Å². The van der Waals surface area contributed by atoms with Gasteiger partial charge in [0.05, 0.1) is 15.8 Å². The Morgan fingerprint density at radius 2 is 1.83 bits per heavy atom. The van der Waals surface area contributed by atoms with E-state index in [1.807, 2.05) is 29.2 Å². The van der Waals surface area contributed by atoms with E-state index in [-0.39, 0.29) is 18.3 Å². The number of hydrogen-bond acceptors (Lipinski definition) is 5. The molecule has 0 radical (unpaired) electrons. The molecule has 3 aromatic rings. The van der Waals surface area contributed by atoms with E-state index in [2.05, 4.69) is 51.9 Å². The van der Waals surface area contributed by atoms with Crippen LogP contribution in [0.15, 0.2) is 41.3 Å². The zero-order chi connectivity index (χ0) is 21.0. The van der Waals surface area contributed by atoms with Crippen LogP contribution in [0.3, 0.4) is 0 Å². The SMILES string of the molecule is CCSc1ccccc1C(=O)N(CCCN(C)C)c1nc2c(C)c(C)ccc2s1.Cl. The first-order chi connectivity index (χ1) is 13.9. The van der Waals surface area contributed by atoms with Crippen molar-refractivity contribution in [3.8, 4) is 0 Å². The fourth-order valence-electron chi connectivity index (χ4n) is 3.23. The van der Waals surface area contributed by atoms with Crippen LogP contribution in [0.4, 0.5) is 5.13 Å². The standard InChI is InChI=1S/C23H29N3OS2.ClH/c1-6-28-19-11-8-7-10-18(19)22(27)26(15-9-14-25(4)5)23-24-21-17(3)16(2)12-13-20(21)29-23;/h7-8,10-13H,6,9,14-15H2,1-5H3;1H. The lowest BCUT2D eigenvalue weighted by Gasteiger charge is -2.22. The van der Waals surface area contributed by atoms with E-state index in [0.717, 1.165) is 44.5 Å². The maximum absolute atomic E-state index is 13.6. The number of hydrogen-bond donors (Lipinski definition) is 0. The van der Waals surface area contributed by atoms with E-state index in [1.54, 1.807) is 23.1 Å². The lowest BCUT2D eigenvalue weighted by molar-refractivity contribution is 0.0983. The van der Waals surface area contributed by atoms with Crippen LogP contribution in [0, 0.1) is 13.8 Å². The largest absolute Gasteiger partial charge is 0.309 e. The number of nitrogens with zero attached hydrogens (tertiary/aromatic N) is 3. The molecular formula is C23H30ClN3OS2. The van der Waals surface area contributed by atoms with Crippen LogP contribution in [0.1, 0.15) is 34.8 Å². The monoisotopic (exact) mass is 463 g/mol. The zero-order valence-corrected chi connectivity index (χ0v) is 20.7. The van der Waals surface area contributed by atoms with Crippen molar-refractivity contribution in [3.63, 3.8) is 0 Å². The first kappa shape index (κ1) is 24.7. The Hall–Kier alpha value is -1.60. The summed E-state index contributed by atoms with van der Waals surface area (Å²) in [5, 5.41) is 0.786. The highest BCUT2D eigenvalue weighted by molar-refractivity contribution is 7.99. The number of benzene rings is 2. The van der Waals surface area contributed by atoms with Crippen LogP contribution in [0.5, 0.6) is 0 Å². The van der Waals surface area contributed by atoms with Crippen LogP contribution >= 0.6 is 35.5 Å². The first-order valence-corrected chi connectivity index (χ1v) is 11.8. The average Bonchev–Trinajstić information content (AvgIpc) is 3.13. The van der Waals surface area contributed by atoms with E-state index in [0.29, 0.717) is 6.54 Å². The Morgan fingerprint density at radius 3 is 2.53 bits per heavy atom. The van der Waals surface area contributed by atoms with Gasteiger partial charge in [0.15, 0.2) is 5.13 Å². The highest BCUT2D eigenvalue weighted by atomic mass is 35.5. The van der Waals surface area contributed by atoms with Crippen molar-refractivity contribution in [3.05, 3.63) is 53.1 Å². The normalized spacial score (nSPS) is 11.0. The van der Waals surface area contributed by atoms with E-state index in [1.165, 1.54) is 11.1 Å². The average molecular weight is 464 g/mol. The summed E-state index contributed by atoms with van der Waals surface area (Å²) < 4.78 is 1.13. The summed E-state index contributed by atoms with van der Waals surface area (Å²) in [5.41, 5.74) is 4.18. The van der Waals surface area contributed by atoms with Crippen molar-refractivity contribution in [1.82, 2.24) is 9.88 Å². The number of aryl methyl sites for hydroxylation is 2. The van der Waals surface area contributed by atoms with Gasteiger partial charge in [-0.25, -0.2) is 4.98 Å².